The van der Waals surface area contributed by atoms with Gasteiger partial charge in [-0.25, -0.2) is 0 Å². The molecular formula is C13H19N5O3. The number of nitrogens with two attached hydrogens (primary N) is 1. The van der Waals surface area contributed by atoms with Gasteiger partial charge in [0, 0.05) is 12.5 Å². The van der Waals surface area contributed by atoms with Crippen molar-refractivity contribution in [3.05, 3.63) is 23.5 Å². The van der Waals surface area contributed by atoms with E-state index in [0.717, 1.165) is 5.56 Å². The molecule has 1 aromatic heterocycles. The van der Waals surface area contributed by atoms with Crippen LogP contribution in [-0.4, -0.2) is 41.5 Å². The fourth-order valence-electron chi connectivity index (χ4n) is 2.04. The highest BCUT2D eigenvalue weighted by molar-refractivity contribution is 5.54. The third-order valence-corrected chi connectivity index (χ3v) is 3.07. The molecule has 0 saturated heterocycles. The van der Waals surface area contributed by atoms with Crippen LogP contribution < -0.4 is 19.9 Å². The SMILES string of the molecule is COc1cc(C(N)Cc2nnn(C)n2)cc(OC)c1OC. The molecule has 0 saturated carbocycles. The summed E-state index contributed by atoms with van der Waals surface area (Å²) in [6.45, 7) is 0. The summed E-state index contributed by atoms with van der Waals surface area (Å²) in [5.74, 6) is 2.25. The van der Waals surface area contributed by atoms with E-state index in [1.165, 1.54) is 4.80 Å². The van der Waals surface area contributed by atoms with E-state index in [9.17, 15) is 0 Å². The Labute approximate surface area is 122 Å². The number of nitrogens with zero attached hydrogens (tertiary/aromatic N) is 4. The molecule has 0 bridgehead atoms. The normalized spacial score (nSPS) is 12.0. The van der Waals surface area contributed by atoms with E-state index in [1.807, 2.05) is 12.1 Å². The maximum Gasteiger partial charge on any atom is 0.203 e. The molecule has 0 amide bonds. The van der Waals surface area contributed by atoms with Gasteiger partial charge >= 0.3 is 0 Å². The van der Waals surface area contributed by atoms with E-state index >= 15 is 0 Å². The quantitative estimate of drug-likeness (QED) is 0.827. The smallest absolute Gasteiger partial charge is 0.203 e. The second-order valence-corrected chi connectivity index (χ2v) is 4.46. The first-order chi connectivity index (χ1) is 10.1. The standard InChI is InChI=1S/C13H19N5O3/c1-18-16-12(15-17-18)7-9(14)8-5-10(19-2)13(21-4)11(6-8)20-3/h5-6,9H,7,14H2,1-4H3. The second-order valence-electron chi connectivity index (χ2n) is 4.46. The van der Waals surface area contributed by atoms with Gasteiger partial charge in [0.1, 0.15) is 0 Å². The Hall–Kier alpha value is -2.35. The fourth-order valence-corrected chi connectivity index (χ4v) is 2.04. The van der Waals surface area contributed by atoms with E-state index in [0.29, 0.717) is 29.5 Å². The van der Waals surface area contributed by atoms with Crippen molar-refractivity contribution < 1.29 is 14.2 Å². The van der Waals surface area contributed by atoms with Crippen LogP contribution in [0.15, 0.2) is 12.1 Å². The molecule has 0 aliphatic heterocycles. The lowest BCUT2D eigenvalue weighted by atomic mass is 10.0. The lowest BCUT2D eigenvalue weighted by Gasteiger charge is -2.16. The lowest BCUT2D eigenvalue weighted by molar-refractivity contribution is 0.323. The number of methoxy groups -OCH3 is 3. The molecule has 2 rings (SSSR count). The van der Waals surface area contributed by atoms with Crippen LogP contribution in [0.25, 0.3) is 0 Å². The van der Waals surface area contributed by atoms with Crippen molar-refractivity contribution in [3.8, 4) is 17.2 Å². The van der Waals surface area contributed by atoms with E-state index < -0.39 is 0 Å². The Kier molecular flexibility index (Phi) is 4.59. The number of tetrazole rings is 1. The predicted octanol–water partition coefficient (Wildman–Crippen LogP) is 0.478. The van der Waals surface area contributed by atoms with Crippen LogP contribution in [0.4, 0.5) is 0 Å². The molecule has 114 valence electrons. The van der Waals surface area contributed by atoms with E-state index in [2.05, 4.69) is 15.4 Å². The predicted molar refractivity (Wildman–Crippen MR) is 75.5 cm³/mol. The first-order valence-corrected chi connectivity index (χ1v) is 6.37. The molecule has 1 aromatic carbocycles. The Morgan fingerprint density at radius 1 is 1.14 bits per heavy atom. The summed E-state index contributed by atoms with van der Waals surface area (Å²) in [6, 6.07) is 3.34. The molecule has 8 nitrogen and oxygen atoms in total. The number of hydrogen-bond donors (Lipinski definition) is 1. The largest absolute Gasteiger partial charge is 0.493 e. The van der Waals surface area contributed by atoms with Gasteiger partial charge in [0.25, 0.3) is 0 Å². The average molecular weight is 293 g/mol. The Morgan fingerprint density at radius 2 is 1.76 bits per heavy atom. The van der Waals surface area contributed by atoms with Crippen molar-refractivity contribution in [1.82, 2.24) is 20.2 Å². The molecule has 0 radical (unpaired) electrons. The van der Waals surface area contributed by atoms with Crippen LogP contribution in [0, 0.1) is 0 Å². The molecule has 0 aliphatic rings. The first-order valence-electron chi connectivity index (χ1n) is 6.37. The van der Waals surface area contributed by atoms with Crippen LogP contribution in [0.1, 0.15) is 17.4 Å². The van der Waals surface area contributed by atoms with Gasteiger partial charge < -0.3 is 19.9 Å². The minimum atomic E-state index is -0.303. The summed E-state index contributed by atoms with van der Waals surface area (Å²) in [4.78, 5) is 1.40. The molecule has 0 fully saturated rings. The van der Waals surface area contributed by atoms with Gasteiger partial charge in [-0.05, 0) is 22.9 Å². The fraction of sp³-hybridized carbons (Fsp3) is 0.462. The summed E-state index contributed by atoms with van der Waals surface area (Å²) in [5.41, 5.74) is 7.05. The zero-order valence-corrected chi connectivity index (χ0v) is 12.5. The summed E-state index contributed by atoms with van der Waals surface area (Å²) in [5, 5.41) is 11.8. The maximum atomic E-state index is 6.21. The Bertz CT molecular complexity index is 589. The highest BCUT2D eigenvalue weighted by Crippen LogP contribution is 2.39. The van der Waals surface area contributed by atoms with Gasteiger partial charge in [0.15, 0.2) is 17.3 Å². The molecule has 1 atom stereocenters. The number of aryl methyl sites for hydroxylation is 1. The van der Waals surface area contributed by atoms with Gasteiger partial charge in [-0.2, -0.15) is 4.80 Å². The van der Waals surface area contributed by atoms with Gasteiger partial charge in [0.05, 0.1) is 28.4 Å². The van der Waals surface area contributed by atoms with Crippen LogP contribution in [0.5, 0.6) is 17.2 Å². The molecule has 0 spiro atoms. The van der Waals surface area contributed by atoms with Crippen molar-refractivity contribution in [3.63, 3.8) is 0 Å². The van der Waals surface area contributed by atoms with Crippen molar-refractivity contribution in [1.29, 1.82) is 0 Å². The number of hydrogen-bond acceptors (Lipinski definition) is 7. The molecule has 2 aromatic rings. The topological polar surface area (TPSA) is 97.3 Å². The average Bonchev–Trinajstić information content (AvgIpc) is 2.90. The Morgan fingerprint density at radius 3 is 2.19 bits per heavy atom. The number of aromatic nitrogens is 4. The molecule has 0 aliphatic carbocycles. The van der Waals surface area contributed by atoms with Gasteiger partial charge in [0.2, 0.25) is 5.75 Å². The third-order valence-electron chi connectivity index (χ3n) is 3.07. The first kappa shape index (κ1) is 15.0. The van der Waals surface area contributed by atoms with Crippen molar-refractivity contribution >= 4 is 0 Å². The summed E-state index contributed by atoms with van der Waals surface area (Å²) in [7, 11) is 6.40. The maximum absolute atomic E-state index is 6.21. The second kappa shape index (κ2) is 6.40. The molecule has 2 N–H and O–H groups in total. The number of rotatable bonds is 6. The van der Waals surface area contributed by atoms with Gasteiger partial charge in [-0.15, -0.1) is 10.2 Å². The van der Waals surface area contributed by atoms with Gasteiger partial charge in [-0.3, -0.25) is 0 Å². The molecule has 1 unspecified atom stereocenters. The van der Waals surface area contributed by atoms with E-state index in [-0.39, 0.29) is 6.04 Å². The van der Waals surface area contributed by atoms with Crippen molar-refractivity contribution in [2.45, 2.75) is 12.5 Å². The van der Waals surface area contributed by atoms with Gasteiger partial charge in [-0.1, -0.05) is 0 Å². The summed E-state index contributed by atoms with van der Waals surface area (Å²) < 4.78 is 15.9. The van der Waals surface area contributed by atoms with Crippen LogP contribution in [0.3, 0.4) is 0 Å². The third kappa shape index (κ3) is 3.22. The minimum absolute atomic E-state index is 0.303. The molecular weight excluding hydrogens is 274 g/mol. The molecule has 21 heavy (non-hydrogen) atoms. The van der Waals surface area contributed by atoms with E-state index in [1.54, 1.807) is 28.4 Å². The van der Waals surface area contributed by atoms with Crippen LogP contribution in [-0.2, 0) is 13.5 Å². The lowest BCUT2D eigenvalue weighted by Crippen LogP contribution is -2.15. The minimum Gasteiger partial charge on any atom is -0.493 e. The summed E-state index contributed by atoms with van der Waals surface area (Å²) >= 11 is 0. The zero-order chi connectivity index (χ0) is 15.4. The van der Waals surface area contributed by atoms with Crippen molar-refractivity contribution in [2.75, 3.05) is 21.3 Å². The molecule has 8 heteroatoms. The summed E-state index contributed by atoms with van der Waals surface area (Å²) in [6.07, 6.45) is 0.465. The highest BCUT2D eigenvalue weighted by Gasteiger charge is 2.18. The highest BCUT2D eigenvalue weighted by atomic mass is 16.5. The molecule has 1 heterocycles. The number of benzene rings is 1. The monoisotopic (exact) mass is 293 g/mol. The van der Waals surface area contributed by atoms with Crippen LogP contribution >= 0.6 is 0 Å². The zero-order valence-electron chi connectivity index (χ0n) is 12.5. The van der Waals surface area contributed by atoms with Crippen molar-refractivity contribution in [2.24, 2.45) is 12.8 Å². The van der Waals surface area contributed by atoms with E-state index in [4.69, 9.17) is 19.9 Å². The number of ether oxygens (including phenoxy) is 3. The Balaban J connectivity index is 2.30. The van der Waals surface area contributed by atoms with Crippen LogP contribution in [0.2, 0.25) is 0 Å².